The molecular formula is C40H60Cl2FN2PRu. The summed E-state index contributed by atoms with van der Waals surface area (Å²) < 4.78 is 10.8. The van der Waals surface area contributed by atoms with E-state index in [1.165, 1.54) is 81.0 Å². The Labute approximate surface area is 301 Å². The first-order valence-corrected chi connectivity index (χ1v) is 25.3. The van der Waals surface area contributed by atoms with Crippen LogP contribution in [0.15, 0.2) is 24.3 Å². The molecule has 0 bridgehead atoms. The SMILES string of the molecule is C1CCC(P(C2CCCCC2)C2CCCCC2)CC1.Cc1cc(C)c(N2[C]N(c3c(C)cc(C)cc3C)CC2)c(C)c1.F[CH]=[Ru]([Cl])[Cl]. The van der Waals surface area contributed by atoms with Gasteiger partial charge in [-0.1, -0.05) is 101 Å². The number of rotatable bonds is 5. The van der Waals surface area contributed by atoms with Gasteiger partial charge >= 0.3 is 42.2 Å². The van der Waals surface area contributed by atoms with Crippen molar-refractivity contribution in [3.63, 3.8) is 0 Å². The monoisotopic (exact) mass is 790 g/mol. The van der Waals surface area contributed by atoms with Crippen LogP contribution in [0.1, 0.15) is 130 Å². The molecule has 1 aliphatic heterocycles. The standard InChI is InChI=1S/C21H26N2.C18H33P.CHF.2ClH.Ru/c1-14-9-16(3)20(17(4)10-14)22-7-8-23(13-22)21-18(5)11-15(2)12-19(21)6;1-4-10-16(11-5-1)19(17-12-6-2-7-13-17)18-14-8-3-9-15-18;1-2;;;/h9-12H,7-8H2,1-6H3;16-18H,1-15H2;1H;2*1H;/q;;;;;+2/p-2. The van der Waals surface area contributed by atoms with Crippen molar-refractivity contribution in [3.8, 4) is 0 Å². The van der Waals surface area contributed by atoms with E-state index in [1.54, 1.807) is 77.0 Å². The van der Waals surface area contributed by atoms with Gasteiger partial charge in [0.15, 0.2) is 0 Å². The third-order valence-corrected chi connectivity index (χ3v) is 15.7. The van der Waals surface area contributed by atoms with Crippen LogP contribution in [0.25, 0.3) is 0 Å². The van der Waals surface area contributed by atoms with Crippen LogP contribution in [0, 0.1) is 48.2 Å². The van der Waals surface area contributed by atoms with Crippen LogP contribution in [0.4, 0.5) is 15.8 Å². The molecule has 0 atom stereocenters. The molecule has 4 fully saturated rings. The summed E-state index contributed by atoms with van der Waals surface area (Å²) >= 11 is -2.03. The van der Waals surface area contributed by atoms with Gasteiger partial charge in [-0.15, -0.1) is 0 Å². The molecule has 2 aromatic rings. The van der Waals surface area contributed by atoms with E-state index in [1.807, 2.05) is 0 Å². The van der Waals surface area contributed by atoms with Crippen LogP contribution in [0.3, 0.4) is 0 Å². The molecule has 0 amide bonds. The molecular weight excluding hydrogens is 730 g/mol. The van der Waals surface area contributed by atoms with Crippen molar-refractivity contribution < 1.29 is 17.9 Å². The second-order valence-corrected chi connectivity index (χ2v) is 23.2. The van der Waals surface area contributed by atoms with E-state index >= 15 is 0 Å². The quantitative estimate of drug-likeness (QED) is 0.220. The van der Waals surface area contributed by atoms with Crippen LogP contribution in [-0.2, 0) is 13.5 Å². The number of halogens is 3. The molecule has 1 saturated heterocycles. The summed E-state index contributed by atoms with van der Waals surface area (Å²) in [7, 11) is 10.3. The van der Waals surface area contributed by atoms with Gasteiger partial charge in [0.2, 0.25) is 6.67 Å². The number of aryl methyl sites for hydroxylation is 6. The third-order valence-electron chi connectivity index (χ3n) is 10.6. The number of benzene rings is 2. The minimum atomic E-state index is -2.03. The predicted molar refractivity (Wildman–Crippen MR) is 206 cm³/mol. The Balaban J connectivity index is 0.000000189. The van der Waals surface area contributed by atoms with Crippen molar-refractivity contribution in [3.05, 3.63) is 64.3 Å². The zero-order chi connectivity index (χ0) is 33.9. The zero-order valence-electron chi connectivity index (χ0n) is 30.0. The Kier molecular flexibility index (Phi) is 16.5. The van der Waals surface area contributed by atoms with Gasteiger partial charge in [0, 0.05) is 24.5 Å². The summed E-state index contributed by atoms with van der Waals surface area (Å²) in [5, 5.41) is 0. The molecule has 6 rings (SSSR count). The molecule has 264 valence electrons. The van der Waals surface area contributed by atoms with Gasteiger partial charge in [-0.3, -0.25) is 0 Å². The molecule has 0 aromatic heterocycles. The minimum absolute atomic E-state index is 0.341. The zero-order valence-corrected chi connectivity index (χ0v) is 34.1. The molecule has 3 aliphatic carbocycles. The molecule has 1 heterocycles. The van der Waals surface area contributed by atoms with Crippen LogP contribution in [0.5, 0.6) is 0 Å². The predicted octanol–water partition coefficient (Wildman–Crippen LogP) is 13.0. The summed E-state index contributed by atoms with van der Waals surface area (Å²) in [5.41, 5.74) is 14.1. The molecule has 2 aromatic carbocycles. The topological polar surface area (TPSA) is 6.48 Å². The second kappa shape index (κ2) is 19.8. The number of nitrogens with zero attached hydrogens (tertiary/aromatic N) is 2. The maximum absolute atomic E-state index is 10.8. The van der Waals surface area contributed by atoms with Gasteiger partial charge in [0.05, 0.1) is 0 Å². The van der Waals surface area contributed by atoms with Crippen molar-refractivity contribution in [2.45, 2.75) is 155 Å². The van der Waals surface area contributed by atoms with Crippen LogP contribution in [0.2, 0.25) is 0 Å². The van der Waals surface area contributed by atoms with Gasteiger partial charge < -0.3 is 9.80 Å². The van der Waals surface area contributed by atoms with Crippen LogP contribution in [-0.4, -0.2) is 34.9 Å². The fourth-order valence-corrected chi connectivity index (χ4v) is 13.7. The first kappa shape index (κ1) is 39.3. The van der Waals surface area contributed by atoms with Crippen molar-refractivity contribution in [1.29, 1.82) is 0 Å². The summed E-state index contributed by atoms with van der Waals surface area (Å²) in [6.45, 7) is 18.7. The normalized spacial score (nSPS) is 20.0. The summed E-state index contributed by atoms with van der Waals surface area (Å²) in [6.07, 6.45) is 23.6. The molecule has 3 saturated carbocycles. The summed E-state index contributed by atoms with van der Waals surface area (Å²) in [4.78, 5) is 4.90. The Bertz CT molecular complexity index is 1140. The van der Waals surface area contributed by atoms with E-state index in [0.717, 1.165) is 13.1 Å². The van der Waals surface area contributed by atoms with E-state index in [4.69, 9.17) is 19.4 Å². The Hall–Kier alpha value is -0.527. The second-order valence-electron chi connectivity index (χ2n) is 14.5. The first-order valence-electron chi connectivity index (χ1n) is 18.2. The van der Waals surface area contributed by atoms with Gasteiger partial charge in [-0.2, -0.15) is 0 Å². The van der Waals surface area contributed by atoms with Crippen LogP contribution >= 0.6 is 27.3 Å². The molecule has 0 spiro atoms. The molecule has 4 aliphatic rings. The molecule has 7 heteroatoms. The Morgan fingerprint density at radius 3 is 1.13 bits per heavy atom. The molecule has 47 heavy (non-hydrogen) atoms. The third kappa shape index (κ3) is 11.5. The van der Waals surface area contributed by atoms with Crippen molar-refractivity contribution in [2.24, 2.45) is 0 Å². The Morgan fingerprint density at radius 2 is 0.872 bits per heavy atom. The average Bonchev–Trinajstić information content (AvgIpc) is 3.51. The van der Waals surface area contributed by atoms with Crippen molar-refractivity contribution in [2.75, 3.05) is 22.9 Å². The molecule has 2 radical (unpaired) electrons. The van der Waals surface area contributed by atoms with E-state index in [2.05, 4.69) is 82.3 Å². The number of hydrogen-bond acceptors (Lipinski definition) is 2. The first-order chi connectivity index (χ1) is 22.6. The van der Waals surface area contributed by atoms with Crippen molar-refractivity contribution in [1.82, 2.24) is 0 Å². The number of anilines is 2. The average molecular weight is 791 g/mol. The fourth-order valence-electron chi connectivity index (χ4n) is 9.00. The van der Waals surface area contributed by atoms with E-state index in [-0.39, 0.29) is 0 Å². The van der Waals surface area contributed by atoms with E-state index in [0.29, 0.717) is 12.8 Å². The van der Waals surface area contributed by atoms with E-state index in [9.17, 15) is 4.39 Å². The fraction of sp³-hybridized carbons (Fsp3) is 0.650. The number of hydrogen-bond donors (Lipinski definition) is 0. The molecule has 2 nitrogen and oxygen atoms in total. The van der Waals surface area contributed by atoms with Gasteiger partial charge in [0.25, 0.3) is 0 Å². The van der Waals surface area contributed by atoms with Crippen LogP contribution < -0.4 is 9.80 Å². The summed E-state index contributed by atoms with van der Waals surface area (Å²) in [5.74, 6) is 0. The van der Waals surface area contributed by atoms with Gasteiger partial charge in [0.1, 0.15) is 0 Å². The Morgan fingerprint density at radius 1 is 0.596 bits per heavy atom. The summed E-state index contributed by atoms with van der Waals surface area (Å²) in [6, 6.07) is 9.04. The van der Waals surface area contributed by atoms with E-state index < -0.39 is 13.5 Å². The van der Waals surface area contributed by atoms with Crippen molar-refractivity contribution >= 4 is 43.5 Å². The molecule has 0 N–H and O–H groups in total. The maximum atomic E-state index is 10.8. The molecule has 0 unspecified atom stereocenters. The van der Waals surface area contributed by atoms with Gasteiger partial charge in [-0.25, -0.2) is 0 Å². The van der Waals surface area contributed by atoms with Gasteiger partial charge in [-0.05, 0) is 119 Å².